The van der Waals surface area contributed by atoms with E-state index in [4.69, 9.17) is 9.97 Å². The lowest BCUT2D eigenvalue weighted by Crippen LogP contribution is -2.17. The second-order valence-corrected chi connectivity index (χ2v) is 14.7. The third kappa shape index (κ3) is 3.69. The Morgan fingerprint density at radius 2 is 0.938 bits per heavy atom. The average molecular weight is 615 g/mol. The van der Waals surface area contributed by atoms with Crippen molar-refractivity contribution in [2.45, 2.75) is 38.5 Å². The van der Waals surface area contributed by atoms with Gasteiger partial charge in [0.25, 0.3) is 0 Å². The molecule has 2 aliphatic rings. The molecule has 0 saturated carbocycles. The molecule has 0 aliphatic heterocycles. The minimum absolute atomic E-state index is 0.139. The number of fused-ring (bicyclic) bond motifs is 10. The topological polar surface area (TPSA) is 25.8 Å². The predicted octanol–water partition coefficient (Wildman–Crippen LogP) is 11.9. The SMILES string of the molecule is CC1(C)c2cc(-c3cnc4ccccc4c3)ccc2-c2cc3c(cc21)-c1c(cc(-c2cnc4ccccc4c2)c2ccccc12)C3(C)C. The minimum atomic E-state index is -0.160. The van der Waals surface area contributed by atoms with Gasteiger partial charge in [-0.15, -0.1) is 0 Å². The highest BCUT2D eigenvalue weighted by Crippen LogP contribution is 2.58. The van der Waals surface area contributed by atoms with Gasteiger partial charge in [-0.3, -0.25) is 9.97 Å². The summed E-state index contributed by atoms with van der Waals surface area (Å²) in [6.45, 7) is 9.58. The van der Waals surface area contributed by atoms with Crippen molar-refractivity contribution in [2.24, 2.45) is 0 Å². The molecule has 228 valence electrons. The van der Waals surface area contributed by atoms with Crippen LogP contribution in [0.5, 0.6) is 0 Å². The van der Waals surface area contributed by atoms with Gasteiger partial charge in [-0.2, -0.15) is 0 Å². The van der Waals surface area contributed by atoms with Crippen molar-refractivity contribution in [1.82, 2.24) is 9.97 Å². The second kappa shape index (κ2) is 9.49. The van der Waals surface area contributed by atoms with Crippen molar-refractivity contribution in [2.75, 3.05) is 0 Å². The van der Waals surface area contributed by atoms with E-state index in [1.165, 1.54) is 77.2 Å². The zero-order valence-corrected chi connectivity index (χ0v) is 27.6. The summed E-state index contributed by atoms with van der Waals surface area (Å²) < 4.78 is 0. The first kappa shape index (κ1) is 27.5. The Labute approximate surface area is 280 Å². The van der Waals surface area contributed by atoms with E-state index in [0.717, 1.165) is 22.2 Å². The molecule has 2 heteroatoms. The predicted molar refractivity (Wildman–Crippen MR) is 201 cm³/mol. The largest absolute Gasteiger partial charge is 0.256 e. The van der Waals surface area contributed by atoms with Crippen molar-refractivity contribution >= 4 is 32.6 Å². The number of benzene rings is 6. The summed E-state index contributed by atoms with van der Waals surface area (Å²) in [5.41, 5.74) is 17.6. The summed E-state index contributed by atoms with van der Waals surface area (Å²) in [5, 5.41) is 4.92. The lowest BCUT2D eigenvalue weighted by atomic mass is 9.78. The number of nitrogens with zero attached hydrogens (tertiary/aromatic N) is 2. The van der Waals surface area contributed by atoms with E-state index in [0.29, 0.717) is 0 Å². The molecule has 0 spiro atoms. The quantitative estimate of drug-likeness (QED) is 0.194. The van der Waals surface area contributed by atoms with Crippen LogP contribution in [0.3, 0.4) is 0 Å². The van der Waals surface area contributed by atoms with Gasteiger partial charge in [0.05, 0.1) is 11.0 Å². The molecule has 2 aliphatic carbocycles. The van der Waals surface area contributed by atoms with Gasteiger partial charge in [0.1, 0.15) is 0 Å². The van der Waals surface area contributed by atoms with Crippen LogP contribution in [-0.4, -0.2) is 9.97 Å². The Morgan fingerprint density at radius 3 is 1.69 bits per heavy atom. The fourth-order valence-electron chi connectivity index (χ4n) is 8.67. The van der Waals surface area contributed by atoms with Crippen LogP contribution in [0.15, 0.2) is 134 Å². The van der Waals surface area contributed by atoms with Gasteiger partial charge in [0.2, 0.25) is 0 Å². The third-order valence-corrected chi connectivity index (χ3v) is 11.3. The van der Waals surface area contributed by atoms with Crippen LogP contribution in [0, 0.1) is 0 Å². The maximum atomic E-state index is 4.85. The first-order chi connectivity index (χ1) is 23.3. The molecular formula is C46H34N2. The van der Waals surface area contributed by atoms with Crippen LogP contribution in [0.25, 0.3) is 77.1 Å². The first-order valence-electron chi connectivity index (χ1n) is 16.9. The summed E-state index contributed by atoms with van der Waals surface area (Å²) >= 11 is 0. The summed E-state index contributed by atoms with van der Waals surface area (Å²) in [6, 6.07) is 44.8. The first-order valence-corrected chi connectivity index (χ1v) is 16.9. The molecule has 8 aromatic rings. The van der Waals surface area contributed by atoms with Crippen LogP contribution in [0.1, 0.15) is 49.9 Å². The van der Waals surface area contributed by atoms with Gasteiger partial charge in [-0.25, -0.2) is 0 Å². The zero-order chi connectivity index (χ0) is 32.4. The zero-order valence-electron chi connectivity index (χ0n) is 27.6. The minimum Gasteiger partial charge on any atom is -0.256 e. The maximum absolute atomic E-state index is 4.85. The number of para-hydroxylation sites is 2. The standard InChI is InChI=1S/C46H34N2/c1-45(2)38-21-27(30-19-28-11-5-9-15-42(28)47-25-30)17-18-33(38)36-23-40-37(24-39(36)45)44-34-14-8-7-13-32(34)35(22-41(44)46(40,3)4)31-20-29-12-6-10-16-43(29)48-26-31/h5-26H,1-4H3. The highest BCUT2D eigenvalue weighted by Gasteiger charge is 2.42. The van der Waals surface area contributed by atoms with Gasteiger partial charge < -0.3 is 0 Å². The molecule has 0 amide bonds. The average Bonchev–Trinajstić information content (AvgIpc) is 3.48. The summed E-state index contributed by atoms with van der Waals surface area (Å²) in [7, 11) is 0. The molecular weight excluding hydrogens is 581 g/mol. The number of hydrogen-bond donors (Lipinski definition) is 0. The molecule has 0 bridgehead atoms. The van der Waals surface area contributed by atoms with Crippen molar-refractivity contribution < 1.29 is 0 Å². The smallest absolute Gasteiger partial charge is 0.0702 e. The molecule has 2 aromatic heterocycles. The summed E-state index contributed by atoms with van der Waals surface area (Å²) in [5.74, 6) is 0. The molecule has 0 fully saturated rings. The van der Waals surface area contributed by atoms with E-state index in [9.17, 15) is 0 Å². The van der Waals surface area contributed by atoms with E-state index in [2.05, 4.69) is 143 Å². The van der Waals surface area contributed by atoms with Gasteiger partial charge in [-0.1, -0.05) is 100 Å². The fourth-order valence-corrected chi connectivity index (χ4v) is 8.67. The summed E-state index contributed by atoms with van der Waals surface area (Å²) in [6.07, 6.45) is 4.06. The highest BCUT2D eigenvalue weighted by atomic mass is 14.7. The third-order valence-electron chi connectivity index (χ3n) is 11.3. The van der Waals surface area contributed by atoms with Crippen LogP contribution in [0.2, 0.25) is 0 Å². The van der Waals surface area contributed by atoms with Gasteiger partial charge in [0.15, 0.2) is 0 Å². The van der Waals surface area contributed by atoms with Gasteiger partial charge in [-0.05, 0) is 115 Å². The number of pyridine rings is 2. The van der Waals surface area contributed by atoms with Crippen molar-refractivity contribution in [3.8, 4) is 44.5 Å². The van der Waals surface area contributed by atoms with E-state index in [-0.39, 0.29) is 10.8 Å². The molecule has 0 N–H and O–H groups in total. The van der Waals surface area contributed by atoms with Gasteiger partial charge in [0, 0.05) is 45.1 Å². The molecule has 2 nitrogen and oxygen atoms in total. The van der Waals surface area contributed by atoms with E-state index < -0.39 is 0 Å². The lowest BCUT2D eigenvalue weighted by Gasteiger charge is -2.24. The molecule has 10 rings (SSSR count). The van der Waals surface area contributed by atoms with E-state index in [1.807, 2.05) is 18.5 Å². The van der Waals surface area contributed by atoms with E-state index in [1.54, 1.807) is 0 Å². The van der Waals surface area contributed by atoms with Crippen LogP contribution in [-0.2, 0) is 10.8 Å². The molecule has 2 heterocycles. The molecule has 0 unspecified atom stereocenters. The molecule has 0 saturated heterocycles. The van der Waals surface area contributed by atoms with Crippen LogP contribution >= 0.6 is 0 Å². The fraction of sp³-hybridized carbons (Fsp3) is 0.130. The Morgan fingerprint density at radius 1 is 0.396 bits per heavy atom. The summed E-state index contributed by atoms with van der Waals surface area (Å²) in [4.78, 5) is 9.61. The number of hydrogen-bond acceptors (Lipinski definition) is 2. The van der Waals surface area contributed by atoms with Gasteiger partial charge >= 0.3 is 0 Å². The lowest BCUT2D eigenvalue weighted by molar-refractivity contribution is 0.652. The van der Waals surface area contributed by atoms with E-state index >= 15 is 0 Å². The van der Waals surface area contributed by atoms with Crippen molar-refractivity contribution in [3.63, 3.8) is 0 Å². The van der Waals surface area contributed by atoms with Crippen LogP contribution < -0.4 is 0 Å². The highest BCUT2D eigenvalue weighted by molar-refractivity contribution is 6.10. The monoisotopic (exact) mass is 614 g/mol. The second-order valence-electron chi connectivity index (χ2n) is 14.7. The normalized spacial score (nSPS) is 15.0. The molecule has 0 radical (unpaired) electrons. The van der Waals surface area contributed by atoms with Crippen LogP contribution in [0.4, 0.5) is 0 Å². The van der Waals surface area contributed by atoms with Crippen molar-refractivity contribution in [1.29, 1.82) is 0 Å². The maximum Gasteiger partial charge on any atom is 0.0702 e. The Hall–Kier alpha value is -5.60. The number of rotatable bonds is 2. The number of aromatic nitrogens is 2. The Bertz CT molecular complexity index is 2680. The Kier molecular flexibility index (Phi) is 5.44. The Balaban J connectivity index is 1.15. The molecule has 48 heavy (non-hydrogen) atoms. The molecule has 6 aromatic carbocycles. The molecule has 0 atom stereocenters. The van der Waals surface area contributed by atoms with Crippen molar-refractivity contribution in [3.05, 3.63) is 156 Å².